The van der Waals surface area contributed by atoms with E-state index in [-0.39, 0.29) is 24.0 Å². The van der Waals surface area contributed by atoms with Crippen molar-refractivity contribution in [2.75, 3.05) is 39.9 Å². The third-order valence-electron chi connectivity index (χ3n) is 3.82. The Labute approximate surface area is 163 Å². The van der Waals surface area contributed by atoms with E-state index < -0.39 is 0 Å². The molecule has 1 fully saturated rings. The molecule has 6 heteroatoms. The molecule has 0 amide bonds. The van der Waals surface area contributed by atoms with E-state index in [0.29, 0.717) is 5.92 Å². The number of halogens is 1. The van der Waals surface area contributed by atoms with Gasteiger partial charge in [-0.05, 0) is 36.8 Å². The normalized spacial score (nSPS) is 14.6. The number of likely N-dealkylation sites (N-methyl/N-ethyl adjacent to an activating group) is 1. The second-order valence-corrected chi connectivity index (χ2v) is 6.75. The van der Waals surface area contributed by atoms with Gasteiger partial charge in [0.15, 0.2) is 5.96 Å². The molecule has 0 spiro atoms. The molecule has 1 aromatic heterocycles. The molecule has 2 rings (SSSR count). The number of guanidine groups is 1. The quantitative estimate of drug-likeness (QED) is 0.258. The van der Waals surface area contributed by atoms with Gasteiger partial charge in [0.2, 0.25) is 0 Å². The summed E-state index contributed by atoms with van der Waals surface area (Å²) in [6.07, 6.45) is 5.25. The summed E-state index contributed by atoms with van der Waals surface area (Å²) >= 11 is 0. The van der Waals surface area contributed by atoms with Crippen molar-refractivity contribution in [3.8, 4) is 0 Å². The number of furan rings is 1. The van der Waals surface area contributed by atoms with Gasteiger partial charge < -0.3 is 19.4 Å². The second kappa shape index (κ2) is 11.7. The predicted molar refractivity (Wildman–Crippen MR) is 109 cm³/mol. The summed E-state index contributed by atoms with van der Waals surface area (Å²) in [5, 5.41) is 3.44. The molecular formula is C18H32IN3O2. The molecule has 0 radical (unpaired) electrons. The zero-order chi connectivity index (χ0) is 16.5. The lowest BCUT2D eigenvalue weighted by molar-refractivity contribution is 0.115. The molecule has 138 valence electrons. The van der Waals surface area contributed by atoms with Crippen molar-refractivity contribution < 1.29 is 9.15 Å². The Morgan fingerprint density at radius 2 is 2.25 bits per heavy atom. The highest BCUT2D eigenvalue weighted by Gasteiger charge is 2.21. The first-order valence-electron chi connectivity index (χ1n) is 8.74. The molecule has 0 bridgehead atoms. The summed E-state index contributed by atoms with van der Waals surface area (Å²) in [5.74, 6) is 3.31. The minimum atomic E-state index is 0. The van der Waals surface area contributed by atoms with Crippen LogP contribution in [0.15, 0.2) is 27.8 Å². The largest absolute Gasteiger partial charge is 0.469 e. The number of nitrogens with one attached hydrogen (secondary N) is 1. The Morgan fingerprint density at radius 1 is 1.46 bits per heavy atom. The lowest BCUT2D eigenvalue weighted by Crippen LogP contribution is -2.41. The van der Waals surface area contributed by atoms with Crippen LogP contribution in [0.5, 0.6) is 0 Å². The smallest absolute Gasteiger partial charge is 0.193 e. The maximum absolute atomic E-state index is 5.73. The maximum atomic E-state index is 5.73. The van der Waals surface area contributed by atoms with E-state index in [1.807, 2.05) is 12.1 Å². The fraction of sp³-hybridized carbons (Fsp3) is 0.722. The van der Waals surface area contributed by atoms with Crippen LogP contribution in [-0.2, 0) is 11.2 Å². The zero-order valence-electron chi connectivity index (χ0n) is 15.2. The standard InChI is InChI=1S/C18H31N3O2.HI/c1-15(2)13-20-18(19-9-8-17-5-4-11-23-17)21(3)10-12-22-14-16-6-7-16;/h4-5,11,15-16H,6-10,12-14H2,1-3H3,(H,19,20);1H. The van der Waals surface area contributed by atoms with E-state index in [4.69, 9.17) is 14.1 Å². The summed E-state index contributed by atoms with van der Waals surface area (Å²) < 4.78 is 11.1. The van der Waals surface area contributed by atoms with Crippen LogP contribution >= 0.6 is 24.0 Å². The SMILES string of the molecule is CC(C)CN=C(NCCc1ccco1)N(C)CCOCC1CC1.I. The molecular weight excluding hydrogens is 417 g/mol. The molecule has 1 aromatic rings. The van der Waals surface area contributed by atoms with E-state index in [1.54, 1.807) is 6.26 Å². The monoisotopic (exact) mass is 449 g/mol. The van der Waals surface area contributed by atoms with Crippen molar-refractivity contribution in [2.24, 2.45) is 16.8 Å². The molecule has 0 atom stereocenters. The molecule has 1 heterocycles. The van der Waals surface area contributed by atoms with Crippen LogP contribution in [0, 0.1) is 11.8 Å². The van der Waals surface area contributed by atoms with Gasteiger partial charge in [-0.25, -0.2) is 0 Å². The average molecular weight is 449 g/mol. The maximum Gasteiger partial charge on any atom is 0.193 e. The number of nitrogens with zero attached hydrogens (tertiary/aromatic N) is 2. The van der Waals surface area contributed by atoms with E-state index in [2.05, 4.69) is 31.1 Å². The first-order valence-corrected chi connectivity index (χ1v) is 8.74. The summed E-state index contributed by atoms with van der Waals surface area (Å²) in [7, 11) is 2.07. The highest BCUT2D eigenvalue weighted by Crippen LogP contribution is 2.28. The first kappa shape index (κ1) is 21.3. The van der Waals surface area contributed by atoms with Crippen LogP contribution < -0.4 is 5.32 Å². The lowest BCUT2D eigenvalue weighted by Gasteiger charge is -2.22. The van der Waals surface area contributed by atoms with Crippen LogP contribution in [-0.4, -0.2) is 50.8 Å². The Morgan fingerprint density at radius 3 is 2.88 bits per heavy atom. The molecule has 0 saturated heterocycles. The summed E-state index contributed by atoms with van der Waals surface area (Å²) in [6, 6.07) is 3.93. The minimum absolute atomic E-state index is 0. The topological polar surface area (TPSA) is 50.0 Å². The molecule has 24 heavy (non-hydrogen) atoms. The van der Waals surface area contributed by atoms with E-state index in [1.165, 1.54) is 12.8 Å². The third kappa shape index (κ3) is 8.92. The van der Waals surface area contributed by atoms with Gasteiger partial charge >= 0.3 is 0 Å². The first-order chi connectivity index (χ1) is 11.1. The highest BCUT2D eigenvalue weighted by atomic mass is 127. The number of ether oxygens (including phenoxy) is 1. The van der Waals surface area contributed by atoms with Gasteiger partial charge in [-0.15, -0.1) is 24.0 Å². The fourth-order valence-electron chi connectivity index (χ4n) is 2.17. The Balaban J connectivity index is 0.00000288. The van der Waals surface area contributed by atoms with E-state index in [0.717, 1.165) is 56.9 Å². The molecule has 1 aliphatic carbocycles. The van der Waals surface area contributed by atoms with Crippen molar-refractivity contribution in [3.63, 3.8) is 0 Å². The molecule has 0 aliphatic heterocycles. The van der Waals surface area contributed by atoms with Gasteiger partial charge in [-0.3, -0.25) is 4.99 Å². The lowest BCUT2D eigenvalue weighted by atomic mass is 10.2. The van der Waals surface area contributed by atoms with Gasteiger partial charge in [0.05, 0.1) is 12.9 Å². The van der Waals surface area contributed by atoms with Crippen LogP contribution in [0.3, 0.4) is 0 Å². The van der Waals surface area contributed by atoms with Gasteiger partial charge in [0, 0.05) is 39.7 Å². The second-order valence-electron chi connectivity index (χ2n) is 6.75. The number of rotatable bonds is 10. The van der Waals surface area contributed by atoms with Crippen molar-refractivity contribution in [1.29, 1.82) is 0 Å². The van der Waals surface area contributed by atoms with Crippen molar-refractivity contribution in [3.05, 3.63) is 24.2 Å². The summed E-state index contributed by atoms with van der Waals surface area (Å²) in [4.78, 5) is 6.86. The zero-order valence-corrected chi connectivity index (χ0v) is 17.5. The molecule has 5 nitrogen and oxygen atoms in total. The highest BCUT2D eigenvalue weighted by molar-refractivity contribution is 14.0. The minimum Gasteiger partial charge on any atom is -0.469 e. The number of hydrogen-bond donors (Lipinski definition) is 1. The van der Waals surface area contributed by atoms with Crippen LogP contribution in [0.25, 0.3) is 0 Å². The molecule has 1 N–H and O–H groups in total. The summed E-state index contributed by atoms with van der Waals surface area (Å²) in [5.41, 5.74) is 0. The van der Waals surface area contributed by atoms with Gasteiger partial charge in [-0.1, -0.05) is 13.8 Å². The van der Waals surface area contributed by atoms with E-state index >= 15 is 0 Å². The predicted octanol–water partition coefficient (Wildman–Crippen LogP) is 3.40. The molecule has 0 unspecified atom stereocenters. The Bertz CT molecular complexity index is 459. The number of aliphatic imine (C=N–C) groups is 1. The Kier molecular flexibility index (Phi) is 10.4. The average Bonchev–Trinajstić information content (AvgIpc) is 3.20. The summed E-state index contributed by atoms with van der Waals surface area (Å²) in [6.45, 7) is 8.54. The Hall–Kier alpha value is -0.760. The van der Waals surface area contributed by atoms with Crippen LogP contribution in [0.1, 0.15) is 32.4 Å². The molecule has 0 aromatic carbocycles. The number of hydrogen-bond acceptors (Lipinski definition) is 3. The van der Waals surface area contributed by atoms with Crippen LogP contribution in [0.4, 0.5) is 0 Å². The fourth-order valence-corrected chi connectivity index (χ4v) is 2.17. The van der Waals surface area contributed by atoms with Crippen molar-refractivity contribution >= 4 is 29.9 Å². The van der Waals surface area contributed by atoms with Gasteiger partial charge in [-0.2, -0.15) is 0 Å². The van der Waals surface area contributed by atoms with Crippen molar-refractivity contribution in [1.82, 2.24) is 10.2 Å². The van der Waals surface area contributed by atoms with Crippen LogP contribution in [0.2, 0.25) is 0 Å². The third-order valence-corrected chi connectivity index (χ3v) is 3.82. The van der Waals surface area contributed by atoms with Gasteiger partial charge in [0.1, 0.15) is 5.76 Å². The van der Waals surface area contributed by atoms with E-state index in [9.17, 15) is 0 Å². The van der Waals surface area contributed by atoms with Crippen molar-refractivity contribution in [2.45, 2.75) is 33.1 Å². The molecule has 1 aliphatic rings. The van der Waals surface area contributed by atoms with Gasteiger partial charge in [0.25, 0.3) is 0 Å². The molecule has 1 saturated carbocycles.